The van der Waals surface area contributed by atoms with E-state index in [0.29, 0.717) is 32.9 Å². The van der Waals surface area contributed by atoms with Crippen molar-refractivity contribution in [2.75, 3.05) is 13.9 Å². The van der Waals surface area contributed by atoms with Gasteiger partial charge in [-0.2, -0.15) is 0 Å². The highest BCUT2D eigenvalue weighted by atomic mass is 28.3. The summed E-state index contributed by atoms with van der Waals surface area (Å²) >= 11 is 0. The molecule has 3 aromatic carbocycles. The molecule has 33 heavy (non-hydrogen) atoms. The molecule has 0 aliphatic heterocycles. The Kier molecular flexibility index (Phi) is 4.70. The third-order valence-corrected chi connectivity index (χ3v) is 6.22. The Morgan fingerprint density at radius 1 is 0.939 bits per heavy atom. The SMILES string of the molecule is COCOc1cccc2c(O)c3c(=O)oc4ccc(C#C[Si](C)(C)C)c5c(=O)oc(c12)c3c45. The molecule has 0 amide bonds. The Hall–Kier alpha value is -3.80. The lowest BCUT2D eigenvalue weighted by Crippen LogP contribution is -2.16. The van der Waals surface area contributed by atoms with E-state index >= 15 is 0 Å². The van der Waals surface area contributed by atoms with Gasteiger partial charge in [0.2, 0.25) is 0 Å². The van der Waals surface area contributed by atoms with Gasteiger partial charge in [-0.25, -0.2) is 9.59 Å². The summed E-state index contributed by atoms with van der Waals surface area (Å²) in [6.07, 6.45) is 0. The summed E-state index contributed by atoms with van der Waals surface area (Å²) in [6, 6.07) is 8.22. The first-order valence-corrected chi connectivity index (χ1v) is 13.8. The fourth-order valence-electron chi connectivity index (χ4n) is 4.02. The lowest BCUT2D eigenvalue weighted by molar-refractivity contribution is 0.0522. The van der Waals surface area contributed by atoms with Crippen LogP contribution in [0.2, 0.25) is 19.6 Å². The van der Waals surface area contributed by atoms with Crippen LogP contribution in [0.15, 0.2) is 48.8 Å². The Morgan fingerprint density at radius 3 is 2.42 bits per heavy atom. The molecule has 1 N–H and O–H groups in total. The lowest BCUT2D eigenvalue weighted by Gasteiger charge is -2.15. The number of ether oxygens (including phenoxy) is 2. The number of hydrogen-bond donors (Lipinski definition) is 1. The Morgan fingerprint density at radius 2 is 1.70 bits per heavy atom. The van der Waals surface area contributed by atoms with Crippen molar-refractivity contribution < 1.29 is 23.4 Å². The predicted molar refractivity (Wildman–Crippen MR) is 129 cm³/mol. The van der Waals surface area contributed by atoms with Gasteiger partial charge in [0.1, 0.15) is 30.5 Å². The van der Waals surface area contributed by atoms with E-state index in [-0.39, 0.29) is 34.5 Å². The minimum atomic E-state index is -1.73. The number of phenolic OH excluding ortho intramolecular Hbond substituents is 1. The van der Waals surface area contributed by atoms with Gasteiger partial charge in [0.05, 0.1) is 10.8 Å². The van der Waals surface area contributed by atoms with Crippen molar-refractivity contribution in [3.05, 3.63) is 56.7 Å². The van der Waals surface area contributed by atoms with E-state index in [2.05, 4.69) is 31.1 Å². The van der Waals surface area contributed by atoms with E-state index in [1.807, 2.05) is 0 Å². The first-order valence-electron chi connectivity index (χ1n) is 10.3. The van der Waals surface area contributed by atoms with Crippen LogP contribution in [0.25, 0.3) is 43.5 Å². The van der Waals surface area contributed by atoms with E-state index in [1.165, 1.54) is 7.11 Å². The second-order valence-corrected chi connectivity index (χ2v) is 13.5. The van der Waals surface area contributed by atoms with Crippen molar-refractivity contribution in [1.82, 2.24) is 0 Å². The molecule has 0 saturated carbocycles. The summed E-state index contributed by atoms with van der Waals surface area (Å²) in [7, 11) is -0.251. The standard InChI is InChI=1S/C25H20O7Si/c1-29-12-30-15-7-5-6-14-18(15)23-20-19-16(31-25(28)21(20)22(14)26)9-8-13(10-11-33(2,3)4)17(19)24(27)32-23/h5-9,26H,12H2,1-4H3. The van der Waals surface area contributed by atoms with Gasteiger partial charge in [-0.05, 0) is 18.2 Å². The number of aromatic hydroxyl groups is 1. The van der Waals surface area contributed by atoms with Crippen molar-refractivity contribution in [2.45, 2.75) is 19.6 Å². The van der Waals surface area contributed by atoms with Crippen molar-refractivity contribution in [1.29, 1.82) is 0 Å². The van der Waals surface area contributed by atoms with E-state index < -0.39 is 19.3 Å². The number of fused-ring (bicyclic) bond motifs is 2. The first kappa shape index (κ1) is 21.1. The average molecular weight is 461 g/mol. The molecule has 0 atom stereocenters. The van der Waals surface area contributed by atoms with Gasteiger partial charge in [-0.1, -0.05) is 37.7 Å². The minimum Gasteiger partial charge on any atom is -0.506 e. The normalized spacial score (nSPS) is 12.0. The molecule has 0 spiro atoms. The van der Waals surface area contributed by atoms with Crippen molar-refractivity contribution in [3.63, 3.8) is 0 Å². The zero-order valence-corrected chi connectivity index (χ0v) is 19.5. The second-order valence-electron chi connectivity index (χ2n) is 8.80. The van der Waals surface area contributed by atoms with Crippen LogP contribution in [0.1, 0.15) is 5.56 Å². The first-order chi connectivity index (χ1) is 15.7. The Bertz CT molecular complexity index is 1740. The van der Waals surface area contributed by atoms with Gasteiger partial charge >= 0.3 is 11.3 Å². The molecule has 0 radical (unpaired) electrons. The van der Waals surface area contributed by atoms with E-state index in [4.69, 9.17) is 18.3 Å². The van der Waals surface area contributed by atoms with Crippen LogP contribution in [-0.2, 0) is 4.74 Å². The highest BCUT2D eigenvalue weighted by Crippen LogP contribution is 2.44. The van der Waals surface area contributed by atoms with Crippen LogP contribution < -0.4 is 16.0 Å². The zero-order chi connectivity index (χ0) is 23.5. The number of rotatable bonds is 3. The van der Waals surface area contributed by atoms with Crippen molar-refractivity contribution >= 4 is 51.6 Å². The maximum Gasteiger partial charge on any atom is 0.348 e. The molecule has 0 aliphatic carbocycles. The Balaban J connectivity index is 2.05. The van der Waals surface area contributed by atoms with Crippen LogP contribution >= 0.6 is 0 Å². The van der Waals surface area contributed by atoms with Gasteiger partial charge in [-0.15, -0.1) is 5.54 Å². The third-order valence-electron chi connectivity index (χ3n) is 5.35. The summed E-state index contributed by atoms with van der Waals surface area (Å²) in [5.74, 6) is 3.18. The van der Waals surface area contributed by atoms with E-state index in [1.54, 1.807) is 30.3 Å². The van der Waals surface area contributed by atoms with Crippen LogP contribution in [0, 0.1) is 11.5 Å². The summed E-state index contributed by atoms with van der Waals surface area (Å²) in [5, 5.41) is 12.6. The highest BCUT2D eigenvalue weighted by molar-refractivity contribution is 6.83. The molecule has 0 fully saturated rings. The van der Waals surface area contributed by atoms with Crippen molar-refractivity contribution in [3.8, 4) is 23.0 Å². The molecular formula is C25H20O7Si. The molecule has 5 aromatic rings. The zero-order valence-electron chi connectivity index (χ0n) is 18.5. The molecule has 0 saturated heterocycles. The molecule has 8 heteroatoms. The maximum atomic E-state index is 13.3. The quantitative estimate of drug-likeness (QED) is 0.105. The second kappa shape index (κ2) is 7.37. The highest BCUT2D eigenvalue weighted by Gasteiger charge is 2.26. The number of benzene rings is 3. The number of phenols is 1. The average Bonchev–Trinajstić information content (AvgIpc) is 2.77. The summed E-state index contributed by atoms with van der Waals surface area (Å²) in [6.45, 7) is 6.25. The Labute approximate surface area is 188 Å². The third kappa shape index (κ3) is 3.25. The van der Waals surface area contributed by atoms with Crippen LogP contribution in [0.4, 0.5) is 0 Å². The fourth-order valence-corrected chi connectivity index (χ4v) is 4.53. The van der Waals surface area contributed by atoms with Gasteiger partial charge in [-0.3, -0.25) is 0 Å². The maximum absolute atomic E-state index is 13.3. The van der Waals surface area contributed by atoms with Gasteiger partial charge in [0.25, 0.3) is 0 Å². The molecule has 0 aliphatic rings. The van der Waals surface area contributed by atoms with Gasteiger partial charge in [0.15, 0.2) is 12.4 Å². The fraction of sp³-hybridized carbons (Fsp3) is 0.200. The van der Waals surface area contributed by atoms with Gasteiger partial charge < -0.3 is 23.4 Å². The summed E-state index contributed by atoms with van der Waals surface area (Å²) < 4.78 is 22.0. The lowest BCUT2D eigenvalue weighted by atomic mass is 9.95. The van der Waals surface area contributed by atoms with Crippen LogP contribution in [0.3, 0.4) is 0 Å². The largest absolute Gasteiger partial charge is 0.506 e. The molecular weight excluding hydrogens is 440 g/mol. The smallest absolute Gasteiger partial charge is 0.348 e. The molecule has 0 bridgehead atoms. The molecule has 166 valence electrons. The molecule has 2 heterocycles. The number of methoxy groups -OCH3 is 1. The summed E-state index contributed by atoms with van der Waals surface area (Å²) in [4.78, 5) is 26.2. The van der Waals surface area contributed by atoms with Crippen LogP contribution in [-0.4, -0.2) is 27.1 Å². The van der Waals surface area contributed by atoms with E-state index in [0.717, 1.165) is 0 Å². The molecule has 0 unspecified atom stereocenters. The summed E-state index contributed by atoms with van der Waals surface area (Å²) in [5.41, 5.74) is 2.75. The predicted octanol–water partition coefficient (Wildman–Crippen LogP) is 4.56. The van der Waals surface area contributed by atoms with Crippen molar-refractivity contribution in [2.24, 2.45) is 0 Å². The minimum absolute atomic E-state index is 0.0509. The van der Waals surface area contributed by atoms with Gasteiger partial charge in [0, 0.05) is 28.8 Å². The molecule has 2 aromatic heterocycles. The molecule has 7 nitrogen and oxygen atoms in total. The molecule has 5 rings (SSSR count). The number of hydrogen-bond acceptors (Lipinski definition) is 7. The van der Waals surface area contributed by atoms with E-state index in [9.17, 15) is 14.7 Å². The van der Waals surface area contributed by atoms with Crippen LogP contribution in [0.5, 0.6) is 11.5 Å². The monoisotopic (exact) mass is 460 g/mol. The topological polar surface area (TPSA) is 99.1 Å².